The largest absolute Gasteiger partial charge is 0.481 e. The van der Waals surface area contributed by atoms with E-state index in [9.17, 15) is 13.2 Å². The first-order valence-electron chi connectivity index (χ1n) is 7.31. The van der Waals surface area contributed by atoms with Gasteiger partial charge in [0.1, 0.15) is 0 Å². The maximum atomic E-state index is 12.2. The van der Waals surface area contributed by atoms with Gasteiger partial charge in [0.05, 0.1) is 24.9 Å². The Hall–Kier alpha value is -1.44. The summed E-state index contributed by atoms with van der Waals surface area (Å²) in [4.78, 5) is 10.9. The van der Waals surface area contributed by atoms with Crippen molar-refractivity contribution in [2.45, 2.75) is 19.4 Å². The summed E-state index contributed by atoms with van der Waals surface area (Å²) in [6.07, 6.45) is 0.749. The Morgan fingerprint density at radius 2 is 1.86 bits per heavy atom. The van der Waals surface area contributed by atoms with Crippen molar-refractivity contribution in [1.29, 1.82) is 0 Å². The highest BCUT2D eigenvalue weighted by molar-refractivity contribution is 7.89. The van der Waals surface area contributed by atoms with E-state index in [-0.39, 0.29) is 25.4 Å². The zero-order valence-corrected chi connectivity index (χ0v) is 13.2. The molecule has 0 aliphatic carbocycles. The smallest absolute Gasteiger partial charge is 0.306 e. The van der Waals surface area contributed by atoms with Crippen LogP contribution in [0.3, 0.4) is 0 Å². The minimum Gasteiger partial charge on any atom is -0.481 e. The summed E-state index contributed by atoms with van der Waals surface area (Å²) in [6.45, 7) is 1.07. The van der Waals surface area contributed by atoms with E-state index in [0.29, 0.717) is 19.4 Å². The van der Waals surface area contributed by atoms with Crippen LogP contribution < -0.4 is 0 Å². The highest BCUT2D eigenvalue weighted by atomic mass is 32.2. The van der Waals surface area contributed by atoms with Gasteiger partial charge in [0.25, 0.3) is 0 Å². The molecular formula is C15H21NO5S. The highest BCUT2D eigenvalue weighted by Gasteiger charge is 2.30. The fourth-order valence-electron chi connectivity index (χ4n) is 2.44. The van der Waals surface area contributed by atoms with Gasteiger partial charge in [-0.1, -0.05) is 30.3 Å². The molecule has 0 saturated carbocycles. The quantitative estimate of drug-likeness (QED) is 0.764. The van der Waals surface area contributed by atoms with E-state index < -0.39 is 21.9 Å². The minimum atomic E-state index is -3.37. The summed E-state index contributed by atoms with van der Waals surface area (Å²) in [5, 5.41) is 8.92. The molecule has 0 amide bonds. The molecule has 0 unspecified atom stereocenters. The number of nitrogens with zero attached hydrogens (tertiary/aromatic N) is 1. The first kappa shape index (κ1) is 16.9. The van der Waals surface area contributed by atoms with Gasteiger partial charge in [-0.3, -0.25) is 4.79 Å². The second-order valence-electron chi connectivity index (χ2n) is 5.37. The summed E-state index contributed by atoms with van der Waals surface area (Å²) < 4.78 is 31.1. The minimum absolute atomic E-state index is 0.0719. The third kappa shape index (κ3) is 4.79. The fraction of sp³-hybridized carbons (Fsp3) is 0.533. The van der Waals surface area contributed by atoms with Crippen molar-refractivity contribution in [3.05, 3.63) is 35.9 Å². The molecule has 0 aromatic heterocycles. The van der Waals surface area contributed by atoms with Gasteiger partial charge in [0.15, 0.2) is 0 Å². The van der Waals surface area contributed by atoms with Crippen molar-refractivity contribution in [1.82, 2.24) is 4.31 Å². The van der Waals surface area contributed by atoms with Crippen molar-refractivity contribution in [2.24, 2.45) is 5.92 Å². The van der Waals surface area contributed by atoms with Crippen LogP contribution in [-0.4, -0.2) is 49.2 Å². The van der Waals surface area contributed by atoms with Crippen molar-refractivity contribution >= 4 is 16.0 Å². The van der Waals surface area contributed by atoms with Gasteiger partial charge < -0.3 is 9.84 Å². The van der Waals surface area contributed by atoms with Crippen LogP contribution in [0.25, 0.3) is 0 Å². The van der Waals surface area contributed by atoms with E-state index in [4.69, 9.17) is 9.84 Å². The Labute approximate surface area is 130 Å². The number of carboxylic acid groups (broad SMARTS) is 1. The van der Waals surface area contributed by atoms with Crippen LogP contribution in [0.5, 0.6) is 0 Å². The number of rotatable bonds is 7. The SMILES string of the molecule is O=C(O)C1CCN(S(=O)(=O)CCOCc2ccccc2)CC1. The van der Waals surface area contributed by atoms with Gasteiger partial charge in [-0.2, -0.15) is 0 Å². The highest BCUT2D eigenvalue weighted by Crippen LogP contribution is 2.20. The van der Waals surface area contributed by atoms with Crippen LogP contribution >= 0.6 is 0 Å². The Morgan fingerprint density at radius 3 is 2.45 bits per heavy atom. The van der Waals surface area contributed by atoms with Crippen LogP contribution in [0.1, 0.15) is 18.4 Å². The number of ether oxygens (including phenoxy) is 1. The fourth-order valence-corrected chi connectivity index (χ4v) is 3.79. The summed E-state index contributed by atoms with van der Waals surface area (Å²) in [5.74, 6) is -1.35. The number of sulfonamides is 1. The van der Waals surface area contributed by atoms with Gasteiger partial charge in [-0.05, 0) is 18.4 Å². The zero-order valence-electron chi connectivity index (χ0n) is 12.3. The van der Waals surface area contributed by atoms with Gasteiger partial charge in [0.2, 0.25) is 10.0 Å². The number of hydrogen-bond acceptors (Lipinski definition) is 4. The molecule has 0 radical (unpaired) electrons. The Balaban J connectivity index is 1.74. The van der Waals surface area contributed by atoms with Crippen molar-refractivity contribution in [2.75, 3.05) is 25.4 Å². The molecule has 122 valence electrons. The third-order valence-electron chi connectivity index (χ3n) is 3.79. The Kier molecular flexibility index (Phi) is 5.93. The molecule has 7 heteroatoms. The van der Waals surface area contributed by atoms with E-state index in [0.717, 1.165) is 5.56 Å². The number of hydrogen-bond donors (Lipinski definition) is 1. The van der Waals surface area contributed by atoms with Gasteiger partial charge >= 0.3 is 5.97 Å². The monoisotopic (exact) mass is 327 g/mol. The predicted octanol–water partition coefficient (Wildman–Crippen LogP) is 1.33. The molecule has 1 saturated heterocycles. The van der Waals surface area contributed by atoms with Gasteiger partial charge in [-0.15, -0.1) is 0 Å². The third-order valence-corrected chi connectivity index (χ3v) is 5.63. The topological polar surface area (TPSA) is 83.9 Å². The maximum absolute atomic E-state index is 12.2. The number of benzene rings is 1. The molecular weight excluding hydrogens is 306 g/mol. The van der Waals surface area contributed by atoms with E-state index in [1.54, 1.807) is 0 Å². The van der Waals surface area contributed by atoms with Crippen LogP contribution in [-0.2, 0) is 26.2 Å². The van der Waals surface area contributed by atoms with Crippen LogP contribution in [0.2, 0.25) is 0 Å². The second-order valence-corrected chi connectivity index (χ2v) is 7.45. The lowest BCUT2D eigenvalue weighted by Gasteiger charge is -2.29. The molecule has 1 aromatic rings. The standard InChI is InChI=1S/C15H21NO5S/c17-15(18)14-6-8-16(9-7-14)22(19,20)11-10-21-12-13-4-2-1-3-5-13/h1-5,14H,6-12H2,(H,17,18). The number of piperidine rings is 1. The molecule has 1 aromatic carbocycles. The maximum Gasteiger partial charge on any atom is 0.306 e. The summed E-state index contributed by atoms with van der Waals surface area (Å²) in [6, 6.07) is 9.56. The normalized spacial score (nSPS) is 17.5. The molecule has 0 bridgehead atoms. The number of aliphatic carboxylic acids is 1. The molecule has 0 spiro atoms. The zero-order chi connectivity index (χ0) is 16.0. The van der Waals surface area contributed by atoms with Crippen molar-refractivity contribution < 1.29 is 23.1 Å². The molecule has 0 atom stereocenters. The molecule has 1 aliphatic rings. The lowest BCUT2D eigenvalue weighted by Crippen LogP contribution is -2.41. The van der Waals surface area contributed by atoms with E-state index in [1.807, 2.05) is 30.3 Å². The van der Waals surface area contributed by atoms with Crippen molar-refractivity contribution in [3.63, 3.8) is 0 Å². The average Bonchev–Trinajstić information content (AvgIpc) is 2.53. The lowest BCUT2D eigenvalue weighted by atomic mass is 9.99. The average molecular weight is 327 g/mol. The van der Waals surface area contributed by atoms with Crippen molar-refractivity contribution in [3.8, 4) is 0 Å². The molecule has 1 N–H and O–H groups in total. The summed E-state index contributed by atoms with van der Waals surface area (Å²) in [5.41, 5.74) is 1.00. The molecule has 2 rings (SSSR count). The lowest BCUT2D eigenvalue weighted by molar-refractivity contribution is -0.142. The summed E-state index contributed by atoms with van der Waals surface area (Å²) >= 11 is 0. The molecule has 1 aliphatic heterocycles. The van der Waals surface area contributed by atoms with Crippen LogP contribution in [0.4, 0.5) is 0 Å². The van der Waals surface area contributed by atoms with E-state index >= 15 is 0 Å². The second kappa shape index (κ2) is 7.71. The van der Waals surface area contributed by atoms with E-state index in [2.05, 4.69) is 0 Å². The van der Waals surface area contributed by atoms with Gasteiger partial charge in [-0.25, -0.2) is 12.7 Å². The molecule has 22 heavy (non-hydrogen) atoms. The first-order valence-corrected chi connectivity index (χ1v) is 8.92. The molecule has 6 nitrogen and oxygen atoms in total. The van der Waals surface area contributed by atoms with E-state index in [1.165, 1.54) is 4.31 Å². The first-order chi connectivity index (χ1) is 10.5. The molecule has 1 heterocycles. The predicted molar refractivity (Wildman–Crippen MR) is 81.8 cm³/mol. The van der Waals surface area contributed by atoms with Gasteiger partial charge in [0, 0.05) is 13.1 Å². The van der Waals surface area contributed by atoms with Crippen LogP contribution in [0.15, 0.2) is 30.3 Å². The number of carboxylic acids is 1. The summed E-state index contributed by atoms with van der Waals surface area (Å²) in [7, 11) is -3.37. The van der Waals surface area contributed by atoms with Crippen LogP contribution in [0, 0.1) is 5.92 Å². The molecule has 1 fully saturated rings. The Bertz CT molecular complexity index is 579. The number of carbonyl (C=O) groups is 1. The Morgan fingerprint density at radius 1 is 1.23 bits per heavy atom.